The summed E-state index contributed by atoms with van der Waals surface area (Å²) in [5.74, 6) is 0. The summed E-state index contributed by atoms with van der Waals surface area (Å²) < 4.78 is 2.59. The summed E-state index contributed by atoms with van der Waals surface area (Å²) in [4.78, 5) is 0. The van der Waals surface area contributed by atoms with Gasteiger partial charge in [-0.25, -0.2) is 0 Å². The lowest BCUT2D eigenvalue weighted by atomic mass is 10.2. The van der Waals surface area contributed by atoms with Crippen molar-refractivity contribution in [2.45, 2.75) is 6.92 Å². The van der Waals surface area contributed by atoms with Gasteiger partial charge in [0.15, 0.2) is 0 Å². The first kappa shape index (κ1) is 11.3. The van der Waals surface area contributed by atoms with Gasteiger partial charge in [-0.05, 0) is 52.7 Å². The van der Waals surface area contributed by atoms with Crippen molar-refractivity contribution in [3.63, 3.8) is 0 Å². The Hall–Kier alpha value is -1.24. The second-order valence-corrected chi connectivity index (χ2v) is 4.66. The molecule has 80 valence electrons. The van der Waals surface area contributed by atoms with Gasteiger partial charge in [0.25, 0.3) is 0 Å². The number of hydrogen-bond acceptors (Lipinski definition) is 1. The fourth-order valence-electron chi connectivity index (χ4n) is 1.54. The molecule has 0 fully saturated rings. The summed E-state index contributed by atoms with van der Waals surface area (Å²) in [5.41, 5.74) is 2.45. The van der Waals surface area contributed by atoms with E-state index in [1.165, 1.54) is 0 Å². The smallest absolute Gasteiger partial charge is 0.125 e. The molecular formula is C12H8BrClN2. The fraction of sp³-hybridized carbons (Fsp3) is 0.0833. The Kier molecular flexibility index (Phi) is 3.04. The van der Waals surface area contributed by atoms with Crippen molar-refractivity contribution in [2.75, 3.05) is 0 Å². The Morgan fingerprint density at radius 3 is 2.69 bits per heavy atom. The van der Waals surface area contributed by atoms with Crippen molar-refractivity contribution >= 4 is 27.5 Å². The van der Waals surface area contributed by atoms with Crippen molar-refractivity contribution in [1.82, 2.24) is 4.57 Å². The van der Waals surface area contributed by atoms with Crippen molar-refractivity contribution in [3.05, 3.63) is 51.2 Å². The molecule has 4 heteroatoms. The molecule has 1 aromatic carbocycles. The van der Waals surface area contributed by atoms with Crippen LogP contribution in [0, 0.1) is 18.3 Å². The van der Waals surface area contributed by atoms with Crippen LogP contribution in [0.4, 0.5) is 0 Å². The van der Waals surface area contributed by atoms with Crippen LogP contribution in [0.5, 0.6) is 0 Å². The van der Waals surface area contributed by atoms with Crippen molar-refractivity contribution < 1.29 is 0 Å². The predicted octanol–water partition coefficient (Wildman–Crippen LogP) is 4.07. The molecule has 0 aliphatic heterocycles. The monoisotopic (exact) mass is 294 g/mol. The molecule has 2 rings (SSSR count). The summed E-state index contributed by atoms with van der Waals surface area (Å²) in [6.45, 7) is 1.98. The van der Waals surface area contributed by atoms with Gasteiger partial charge >= 0.3 is 0 Å². The third kappa shape index (κ3) is 1.87. The Labute approximate surface area is 107 Å². The number of nitrogens with zero attached hydrogens (tertiary/aromatic N) is 2. The van der Waals surface area contributed by atoms with E-state index in [2.05, 4.69) is 22.0 Å². The lowest BCUT2D eigenvalue weighted by Crippen LogP contribution is -1.98. The molecule has 0 saturated heterocycles. The number of aryl methyl sites for hydroxylation is 1. The van der Waals surface area contributed by atoms with Crippen LogP contribution in [0.1, 0.15) is 11.3 Å². The molecule has 16 heavy (non-hydrogen) atoms. The maximum absolute atomic E-state index is 9.00. The molecule has 0 spiro atoms. The maximum Gasteiger partial charge on any atom is 0.125 e. The lowest BCUT2D eigenvalue weighted by Gasteiger charge is -2.09. The zero-order valence-corrected chi connectivity index (χ0v) is 10.9. The standard InChI is InChI=1S/C12H8BrClN2/c1-8-2-4-11(10(14)6-8)16-9(7-15)3-5-12(16)13/h2-6H,1H3. The predicted molar refractivity (Wildman–Crippen MR) is 67.9 cm³/mol. The Morgan fingerprint density at radius 2 is 2.06 bits per heavy atom. The van der Waals surface area contributed by atoms with E-state index in [0.717, 1.165) is 15.9 Å². The second-order valence-electron chi connectivity index (χ2n) is 3.44. The van der Waals surface area contributed by atoms with Crippen LogP contribution < -0.4 is 0 Å². The number of benzene rings is 1. The average Bonchev–Trinajstić information content (AvgIpc) is 2.60. The Bertz CT molecular complexity index is 581. The topological polar surface area (TPSA) is 28.7 Å². The van der Waals surface area contributed by atoms with E-state index < -0.39 is 0 Å². The molecule has 0 radical (unpaired) electrons. The molecule has 0 aliphatic rings. The first-order chi connectivity index (χ1) is 7.63. The van der Waals surface area contributed by atoms with Gasteiger partial charge in [0, 0.05) is 0 Å². The first-order valence-corrected chi connectivity index (χ1v) is 5.84. The largest absolute Gasteiger partial charge is 0.294 e. The third-order valence-corrected chi connectivity index (χ3v) is 3.21. The summed E-state index contributed by atoms with van der Waals surface area (Å²) >= 11 is 9.57. The van der Waals surface area contributed by atoms with Gasteiger partial charge in [0.05, 0.1) is 15.3 Å². The maximum atomic E-state index is 9.00. The van der Waals surface area contributed by atoms with Crippen LogP contribution in [0.25, 0.3) is 5.69 Å². The highest BCUT2D eigenvalue weighted by atomic mass is 79.9. The zero-order valence-electron chi connectivity index (χ0n) is 8.54. The summed E-state index contributed by atoms with van der Waals surface area (Å²) in [7, 11) is 0. The summed E-state index contributed by atoms with van der Waals surface area (Å²) in [6.07, 6.45) is 0. The average molecular weight is 296 g/mol. The van der Waals surface area contributed by atoms with Crippen molar-refractivity contribution in [1.29, 1.82) is 5.26 Å². The molecule has 1 aromatic heterocycles. The molecule has 0 amide bonds. The quantitative estimate of drug-likeness (QED) is 0.779. The SMILES string of the molecule is Cc1ccc(-n2c(Br)ccc2C#N)c(Cl)c1. The highest BCUT2D eigenvalue weighted by Gasteiger charge is 2.10. The second kappa shape index (κ2) is 4.32. The normalized spacial score (nSPS) is 10.1. The van der Waals surface area contributed by atoms with Gasteiger partial charge in [0.1, 0.15) is 11.8 Å². The Morgan fingerprint density at radius 1 is 1.31 bits per heavy atom. The molecule has 1 heterocycles. The zero-order chi connectivity index (χ0) is 11.7. The number of hydrogen-bond donors (Lipinski definition) is 0. The van der Waals surface area contributed by atoms with E-state index in [9.17, 15) is 0 Å². The van der Waals surface area contributed by atoms with E-state index in [0.29, 0.717) is 10.7 Å². The van der Waals surface area contributed by atoms with Gasteiger partial charge in [-0.15, -0.1) is 0 Å². The molecule has 2 nitrogen and oxygen atoms in total. The summed E-state index contributed by atoms with van der Waals surface area (Å²) in [6, 6.07) is 11.5. The first-order valence-electron chi connectivity index (χ1n) is 4.67. The van der Waals surface area contributed by atoms with Crippen LogP contribution in [-0.4, -0.2) is 4.57 Å². The number of nitriles is 1. The van der Waals surface area contributed by atoms with Crippen LogP contribution in [0.3, 0.4) is 0 Å². The molecule has 0 atom stereocenters. The molecule has 0 saturated carbocycles. The molecule has 0 bridgehead atoms. The molecular weight excluding hydrogens is 288 g/mol. The molecule has 0 N–H and O–H groups in total. The molecule has 0 unspecified atom stereocenters. The third-order valence-electron chi connectivity index (χ3n) is 2.29. The van der Waals surface area contributed by atoms with E-state index in [1.54, 1.807) is 10.6 Å². The highest BCUT2D eigenvalue weighted by molar-refractivity contribution is 9.10. The molecule has 2 aromatic rings. The number of rotatable bonds is 1. The van der Waals surface area contributed by atoms with Gasteiger partial charge < -0.3 is 0 Å². The van der Waals surface area contributed by atoms with Crippen LogP contribution in [-0.2, 0) is 0 Å². The summed E-state index contributed by atoms with van der Waals surface area (Å²) in [5, 5.41) is 9.64. The van der Waals surface area contributed by atoms with E-state index in [-0.39, 0.29) is 0 Å². The van der Waals surface area contributed by atoms with Gasteiger partial charge in [-0.2, -0.15) is 5.26 Å². The minimum atomic E-state index is 0.553. The lowest BCUT2D eigenvalue weighted by molar-refractivity contribution is 1.02. The van der Waals surface area contributed by atoms with Gasteiger partial charge in [0.2, 0.25) is 0 Å². The number of halogens is 2. The van der Waals surface area contributed by atoms with Crippen LogP contribution in [0.15, 0.2) is 34.9 Å². The van der Waals surface area contributed by atoms with Crippen LogP contribution in [0.2, 0.25) is 5.02 Å². The van der Waals surface area contributed by atoms with Gasteiger partial charge in [-0.3, -0.25) is 4.57 Å². The highest BCUT2D eigenvalue weighted by Crippen LogP contribution is 2.27. The minimum Gasteiger partial charge on any atom is -0.294 e. The Balaban J connectivity index is 2.68. The van der Waals surface area contributed by atoms with Crippen molar-refractivity contribution in [3.8, 4) is 11.8 Å². The van der Waals surface area contributed by atoms with E-state index >= 15 is 0 Å². The number of aromatic nitrogens is 1. The van der Waals surface area contributed by atoms with Crippen LogP contribution >= 0.6 is 27.5 Å². The van der Waals surface area contributed by atoms with Crippen molar-refractivity contribution in [2.24, 2.45) is 0 Å². The molecule has 0 aliphatic carbocycles. The van der Waals surface area contributed by atoms with E-state index in [4.69, 9.17) is 16.9 Å². The minimum absolute atomic E-state index is 0.553. The van der Waals surface area contributed by atoms with Gasteiger partial charge in [-0.1, -0.05) is 17.7 Å². The fourth-order valence-corrected chi connectivity index (χ4v) is 2.37. The van der Waals surface area contributed by atoms with E-state index in [1.807, 2.05) is 31.2 Å².